The van der Waals surface area contributed by atoms with Crippen molar-refractivity contribution in [2.75, 3.05) is 37.0 Å². The summed E-state index contributed by atoms with van der Waals surface area (Å²) < 4.78 is 81.2. The molecule has 1 aromatic carbocycles. The standard InChI is InChI=1S/C29H31F4N7O3S/c1-4-17(16-9-12-40(2)13-10-16)27(41)39-26-25-18(8-11-34-26)19(14-35-25)24-20(29(31,32)33)15-36-28(38-24)37-21-6-5-7-22(23(21)30)44(3,42)43/h5-8,11,14-17,35H,4,9-10,12-13H2,1-3H3,(H,34,39,41)(H,36,37,38). The van der Waals surface area contributed by atoms with Crippen LogP contribution in [-0.4, -0.2) is 65.6 Å². The molecule has 3 aromatic heterocycles. The normalized spacial score (nSPS) is 15.8. The molecule has 0 saturated carbocycles. The predicted octanol–water partition coefficient (Wildman–Crippen LogP) is 5.63. The van der Waals surface area contributed by atoms with Gasteiger partial charge in [0.05, 0.1) is 16.9 Å². The molecule has 44 heavy (non-hydrogen) atoms. The number of benzene rings is 1. The zero-order valence-electron chi connectivity index (χ0n) is 24.2. The number of rotatable bonds is 8. The Morgan fingerprint density at radius 1 is 1.18 bits per heavy atom. The Morgan fingerprint density at radius 2 is 1.91 bits per heavy atom. The average Bonchev–Trinajstić information content (AvgIpc) is 3.39. The second kappa shape index (κ2) is 12.1. The third-order valence-corrected chi connectivity index (χ3v) is 9.03. The van der Waals surface area contributed by atoms with Gasteiger partial charge in [0, 0.05) is 41.7 Å². The number of nitrogens with one attached hydrogen (secondary N) is 3. The van der Waals surface area contributed by atoms with E-state index in [1.807, 2.05) is 14.0 Å². The quantitative estimate of drug-likeness (QED) is 0.213. The first-order chi connectivity index (χ1) is 20.8. The number of carbonyl (C=O) groups is 1. The maximum Gasteiger partial charge on any atom is 0.419 e. The number of amides is 1. The highest BCUT2D eigenvalue weighted by molar-refractivity contribution is 7.90. The summed E-state index contributed by atoms with van der Waals surface area (Å²) in [5.74, 6) is -1.59. The number of piperidine rings is 1. The lowest BCUT2D eigenvalue weighted by Crippen LogP contribution is -2.37. The van der Waals surface area contributed by atoms with Gasteiger partial charge >= 0.3 is 6.18 Å². The predicted molar refractivity (Wildman–Crippen MR) is 158 cm³/mol. The van der Waals surface area contributed by atoms with Crippen LogP contribution < -0.4 is 10.6 Å². The lowest BCUT2D eigenvalue weighted by molar-refractivity contribution is -0.137. The summed E-state index contributed by atoms with van der Waals surface area (Å²) >= 11 is 0. The molecule has 3 N–H and O–H groups in total. The maximum atomic E-state index is 14.9. The van der Waals surface area contributed by atoms with E-state index in [4.69, 9.17) is 0 Å². The van der Waals surface area contributed by atoms with Crippen LogP contribution in [0.15, 0.2) is 47.8 Å². The third kappa shape index (κ3) is 6.38. The van der Waals surface area contributed by atoms with Crippen molar-refractivity contribution in [3.05, 3.63) is 54.2 Å². The monoisotopic (exact) mass is 633 g/mol. The molecule has 1 unspecified atom stereocenters. The Kier molecular flexibility index (Phi) is 8.62. The van der Waals surface area contributed by atoms with Crippen LogP contribution >= 0.6 is 0 Å². The van der Waals surface area contributed by atoms with E-state index in [2.05, 4.69) is 35.5 Å². The summed E-state index contributed by atoms with van der Waals surface area (Å²) in [6.45, 7) is 3.75. The van der Waals surface area contributed by atoms with E-state index in [1.54, 1.807) is 0 Å². The van der Waals surface area contributed by atoms with E-state index in [0.717, 1.165) is 38.3 Å². The van der Waals surface area contributed by atoms with Crippen LogP contribution in [0.5, 0.6) is 0 Å². The number of likely N-dealkylation sites (tertiary alicyclic amines) is 1. The van der Waals surface area contributed by atoms with Crippen LogP contribution in [0.25, 0.3) is 22.2 Å². The van der Waals surface area contributed by atoms with Gasteiger partial charge in [-0.25, -0.2) is 27.8 Å². The van der Waals surface area contributed by atoms with E-state index in [9.17, 15) is 30.8 Å². The molecule has 1 amide bonds. The van der Waals surface area contributed by atoms with Gasteiger partial charge in [0.15, 0.2) is 21.5 Å². The lowest BCUT2D eigenvalue weighted by atomic mass is 9.82. The molecule has 1 saturated heterocycles. The summed E-state index contributed by atoms with van der Waals surface area (Å²) in [6.07, 6.45) is 1.67. The summed E-state index contributed by atoms with van der Waals surface area (Å²) in [4.78, 5) is 30.0. The second-order valence-corrected chi connectivity index (χ2v) is 12.9. The summed E-state index contributed by atoms with van der Waals surface area (Å²) in [7, 11) is -1.88. The van der Waals surface area contributed by atoms with Gasteiger partial charge in [0.1, 0.15) is 10.5 Å². The highest BCUT2D eigenvalue weighted by atomic mass is 32.2. The number of aromatic amines is 1. The average molecular weight is 634 g/mol. The third-order valence-electron chi connectivity index (χ3n) is 7.91. The van der Waals surface area contributed by atoms with Gasteiger partial charge in [-0.2, -0.15) is 13.2 Å². The molecule has 4 heterocycles. The van der Waals surface area contributed by atoms with Crippen LogP contribution in [0, 0.1) is 17.7 Å². The van der Waals surface area contributed by atoms with E-state index in [-0.39, 0.29) is 34.8 Å². The minimum Gasteiger partial charge on any atom is -0.357 e. The number of fused-ring (bicyclic) bond motifs is 1. The lowest BCUT2D eigenvalue weighted by Gasteiger charge is -2.33. The van der Waals surface area contributed by atoms with Gasteiger partial charge < -0.3 is 20.5 Å². The molecule has 1 aliphatic rings. The Labute approximate surface area is 251 Å². The summed E-state index contributed by atoms with van der Waals surface area (Å²) in [6, 6.07) is 5.06. The fraction of sp³-hybridized carbons (Fsp3) is 0.379. The first kappa shape index (κ1) is 31.3. The number of aromatic nitrogens is 4. The number of H-pyrrole nitrogens is 1. The van der Waals surface area contributed by atoms with Crippen molar-refractivity contribution >= 4 is 44.1 Å². The Balaban J connectivity index is 1.50. The molecule has 15 heteroatoms. The fourth-order valence-electron chi connectivity index (χ4n) is 5.59. The van der Waals surface area contributed by atoms with E-state index >= 15 is 0 Å². The number of hydrogen-bond acceptors (Lipinski definition) is 8. The molecule has 234 valence electrons. The number of anilines is 3. The number of nitrogens with zero attached hydrogens (tertiary/aromatic N) is 4. The second-order valence-electron chi connectivity index (χ2n) is 10.9. The Bertz CT molecular complexity index is 1800. The van der Waals surface area contributed by atoms with Crippen LogP contribution in [0.3, 0.4) is 0 Å². The minimum atomic E-state index is -4.84. The van der Waals surface area contributed by atoms with Gasteiger partial charge in [-0.15, -0.1) is 0 Å². The van der Waals surface area contributed by atoms with E-state index in [1.165, 1.54) is 30.6 Å². The van der Waals surface area contributed by atoms with Gasteiger partial charge in [-0.1, -0.05) is 13.0 Å². The van der Waals surface area contributed by atoms with Crippen molar-refractivity contribution in [2.45, 2.75) is 37.3 Å². The Morgan fingerprint density at radius 3 is 2.57 bits per heavy atom. The minimum absolute atomic E-state index is 0.0448. The van der Waals surface area contributed by atoms with E-state index < -0.39 is 43.9 Å². The van der Waals surface area contributed by atoms with Crippen molar-refractivity contribution in [3.8, 4) is 11.3 Å². The van der Waals surface area contributed by atoms with E-state index in [0.29, 0.717) is 23.5 Å². The fourth-order valence-corrected chi connectivity index (χ4v) is 6.35. The zero-order valence-corrected chi connectivity index (χ0v) is 25.0. The number of carbonyl (C=O) groups excluding carboxylic acids is 1. The van der Waals surface area contributed by atoms with Crippen molar-refractivity contribution in [3.63, 3.8) is 0 Å². The molecule has 1 aliphatic heterocycles. The molecule has 0 aliphatic carbocycles. The molecule has 10 nitrogen and oxygen atoms in total. The number of pyridine rings is 1. The van der Waals surface area contributed by atoms with Crippen molar-refractivity contribution in [2.24, 2.45) is 11.8 Å². The molecule has 1 atom stereocenters. The molecule has 0 spiro atoms. The van der Waals surface area contributed by atoms with Gasteiger partial charge in [0.2, 0.25) is 11.9 Å². The van der Waals surface area contributed by atoms with Crippen molar-refractivity contribution in [1.82, 2.24) is 24.8 Å². The number of hydrogen-bond donors (Lipinski definition) is 3. The van der Waals surface area contributed by atoms with Crippen LogP contribution in [0.1, 0.15) is 31.7 Å². The SMILES string of the molecule is CCC(C(=O)Nc1nccc2c(-c3nc(Nc4cccc(S(C)(=O)=O)c4F)ncc3C(F)(F)F)c[nH]c12)C1CCN(C)CC1. The maximum absolute atomic E-state index is 14.9. The Hall–Kier alpha value is -4.11. The topological polar surface area (TPSA) is 133 Å². The molecular weight excluding hydrogens is 602 g/mol. The van der Waals surface area contributed by atoms with Crippen molar-refractivity contribution < 1.29 is 30.8 Å². The van der Waals surface area contributed by atoms with Gasteiger partial charge in [-0.05, 0) is 63.5 Å². The molecule has 0 radical (unpaired) electrons. The molecule has 0 bridgehead atoms. The van der Waals surface area contributed by atoms with Gasteiger partial charge in [-0.3, -0.25) is 4.79 Å². The molecule has 1 fully saturated rings. The molecule has 4 aromatic rings. The summed E-state index contributed by atoms with van der Waals surface area (Å²) in [5, 5.41) is 5.67. The van der Waals surface area contributed by atoms with Crippen LogP contribution in [-0.2, 0) is 20.8 Å². The van der Waals surface area contributed by atoms with Crippen LogP contribution in [0.2, 0.25) is 0 Å². The summed E-state index contributed by atoms with van der Waals surface area (Å²) in [5.41, 5.74) is -1.64. The zero-order chi connectivity index (χ0) is 31.8. The first-order valence-electron chi connectivity index (χ1n) is 13.9. The van der Waals surface area contributed by atoms with Gasteiger partial charge in [0.25, 0.3) is 0 Å². The number of alkyl halides is 3. The smallest absolute Gasteiger partial charge is 0.357 e. The molecule has 5 rings (SSSR count). The highest BCUT2D eigenvalue weighted by Crippen LogP contribution is 2.40. The number of sulfone groups is 1. The van der Waals surface area contributed by atoms with Crippen molar-refractivity contribution in [1.29, 1.82) is 0 Å². The first-order valence-corrected chi connectivity index (χ1v) is 15.8. The van der Waals surface area contributed by atoms with Crippen LogP contribution in [0.4, 0.5) is 35.0 Å². The number of halogens is 4. The molecular formula is C29H31F4N7O3S. The highest BCUT2D eigenvalue weighted by Gasteiger charge is 2.36. The largest absolute Gasteiger partial charge is 0.419 e.